The molecule has 3 aromatic rings. The second-order valence-corrected chi connectivity index (χ2v) is 9.80. The number of fused-ring (bicyclic) bond motifs is 1. The van der Waals surface area contributed by atoms with Crippen LogP contribution in [0.3, 0.4) is 0 Å². The van der Waals surface area contributed by atoms with Gasteiger partial charge in [-0.3, -0.25) is 9.10 Å². The summed E-state index contributed by atoms with van der Waals surface area (Å²) in [4.78, 5) is 24.4. The molecule has 1 N–H and O–H groups in total. The van der Waals surface area contributed by atoms with E-state index in [0.717, 1.165) is 5.56 Å². The average Bonchev–Trinajstić information content (AvgIpc) is 3.18. The van der Waals surface area contributed by atoms with Crippen molar-refractivity contribution < 1.29 is 27.1 Å². The number of esters is 1. The van der Waals surface area contributed by atoms with E-state index in [1.807, 2.05) is 19.1 Å². The Morgan fingerprint density at radius 1 is 1.06 bits per heavy atom. The summed E-state index contributed by atoms with van der Waals surface area (Å²) in [5.41, 5.74) is 2.28. The maximum atomic E-state index is 13.4. The number of carbonyl (C=O) groups excluding carboxylic acids is 2. The van der Waals surface area contributed by atoms with Gasteiger partial charge in [-0.05, 0) is 60.9 Å². The van der Waals surface area contributed by atoms with Crippen LogP contribution in [0.25, 0.3) is 0 Å². The third-order valence-corrected chi connectivity index (χ3v) is 7.43. The Bertz CT molecular complexity index is 1330. The first kappa shape index (κ1) is 23.4. The number of sulfonamides is 1. The zero-order chi connectivity index (χ0) is 24.3. The summed E-state index contributed by atoms with van der Waals surface area (Å²) in [6.45, 7) is 1.45. The molecule has 0 aliphatic carbocycles. The smallest absolute Gasteiger partial charge is 0.338 e. The predicted octanol–water partition coefficient (Wildman–Crippen LogP) is 3.44. The minimum atomic E-state index is -3.91. The molecule has 4 rings (SSSR count). The molecular weight excluding hydrogens is 459 g/mol. The number of hydrogen-bond acceptors (Lipinski definition) is 5. The molecule has 0 bridgehead atoms. The van der Waals surface area contributed by atoms with Crippen molar-refractivity contribution in [2.75, 3.05) is 10.9 Å². The Morgan fingerprint density at radius 3 is 2.56 bits per heavy atom. The molecule has 176 valence electrons. The summed E-state index contributed by atoms with van der Waals surface area (Å²) >= 11 is 0. The molecule has 0 unspecified atom stereocenters. The molecule has 1 heterocycles. The van der Waals surface area contributed by atoms with Gasteiger partial charge in [-0.25, -0.2) is 17.6 Å². The number of ether oxygens (including phenoxy) is 1. The molecule has 0 radical (unpaired) electrons. The minimum absolute atomic E-state index is 0.0209. The number of anilines is 1. The third kappa shape index (κ3) is 4.94. The van der Waals surface area contributed by atoms with Gasteiger partial charge in [0.25, 0.3) is 15.9 Å². The Morgan fingerprint density at radius 2 is 1.79 bits per heavy atom. The lowest BCUT2D eigenvalue weighted by Crippen LogP contribution is -2.35. The third-order valence-electron chi connectivity index (χ3n) is 5.51. The lowest BCUT2D eigenvalue weighted by molar-refractivity contribution is -0.124. The largest absolute Gasteiger partial charge is 0.452 e. The number of para-hydroxylation sites is 1. The van der Waals surface area contributed by atoms with Crippen LogP contribution in [-0.4, -0.2) is 32.9 Å². The fraction of sp³-hybridized carbons (Fsp3) is 0.200. The SMILES string of the molecule is C[C@H]1Cc2ccccc2N1S(=O)(=O)c1cccc(C(=O)OCC(=O)NCc2ccc(F)cc2)c1. The van der Waals surface area contributed by atoms with Gasteiger partial charge in [0.2, 0.25) is 0 Å². The zero-order valence-corrected chi connectivity index (χ0v) is 19.2. The van der Waals surface area contributed by atoms with Crippen molar-refractivity contribution in [3.05, 3.63) is 95.3 Å². The quantitative estimate of drug-likeness (QED) is 0.521. The van der Waals surface area contributed by atoms with Gasteiger partial charge in [-0.15, -0.1) is 0 Å². The lowest BCUT2D eigenvalue weighted by atomic mass is 10.1. The summed E-state index contributed by atoms with van der Waals surface area (Å²) in [6, 6.07) is 18.3. The molecule has 7 nitrogen and oxygen atoms in total. The summed E-state index contributed by atoms with van der Waals surface area (Å²) in [5, 5.41) is 2.57. The monoisotopic (exact) mass is 482 g/mol. The highest BCUT2D eigenvalue weighted by Gasteiger charge is 2.36. The van der Waals surface area contributed by atoms with Crippen LogP contribution in [0.15, 0.2) is 77.7 Å². The second kappa shape index (κ2) is 9.64. The topological polar surface area (TPSA) is 92.8 Å². The van der Waals surface area contributed by atoms with E-state index in [2.05, 4.69) is 5.32 Å². The Balaban J connectivity index is 1.41. The number of nitrogens with zero attached hydrogens (tertiary/aromatic N) is 1. The number of benzene rings is 3. The van der Waals surface area contributed by atoms with Gasteiger partial charge in [0.1, 0.15) is 5.82 Å². The molecule has 0 saturated heterocycles. The molecule has 0 spiro atoms. The molecule has 3 aromatic carbocycles. The molecule has 1 aliphatic heterocycles. The maximum Gasteiger partial charge on any atom is 0.338 e. The standard InChI is InChI=1S/C25H23FN2O5S/c1-17-13-19-5-2-3-8-23(19)28(17)34(31,32)22-7-4-6-20(14-22)25(30)33-16-24(29)27-15-18-9-11-21(26)12-10-18/h2-12,14,17H,13,15-16H2,1H3,(H,27,29)/t17-/m0/s1. The molecule has 1 atom stereocenters. The van der Waals surface area contributed by atoms with Crippen LogP contribution in [0, 0.1) is 5.82 Å². The van der Waals surface area contributed by atoms with Crippen molar-refractivity contribution in [3.8, 4) is 0 Å². The van der Waals surface area contributed by atoms with Gasteiger partial charge < -0.3 is 10.1 Å². The number of nitrogens with one attached hydrogen (secondary N) is 1. The number of hydrogen-bond donors (Lipinski definition) is 1. The van der Waals surface area contributed by atoms with Crippen molar-refractivity contribution >= 4 is 27.6 Å². The molecule has 0 fully saturated rings. The second-order valence-electron chi connectivity index (χ2n) is 7.99. The first-order valence-corrected chi connectivity index (χ1v) is 12.1. The van der Waals surface area contributed by atoms with Crippen LogP contribution in [0.5, 0.6) is 0 Å². The molecule has 9 heteroatoms. The van der Waals surface area contributed by atoms with Gasteiger partial charge in [-0.2, -0.15) is 0 Å². The fourth-order valence-electron chi connectivity index (χ4n) is 3.87. The number of halogens is 1. The van der Waals surface area contributed by atoms with Gasteiger partial charge in [0, 0.05) is 12.6 Å². The summed E-state index contributed by atoms with van der Waals surface area (Å²) in [6.07, 6.45) is 0.601. The maximum absolute atomic E-state index is 13.4. The fourth-order valence-corrected chi connectivity index (χ4v) is 5.61. The van der Waals surface area contributed by atoms with Crippen molar-refractivity contribution in [1.29, 1.82) is 0 Å². The zero-order valence-electron chi connectivity index (χ0n) is 18.4. The van der Waals surface area contributed by atoms with Crippen LogP contribution in [0.2, 0.25) is 0 Å². The molecule has 34 heavy (non-hydrogen) atoms. The van der Waals surface area contributed by atoms with Crippen molar-refractivity contribution in [1.82, 2.24) is 5.32 Å². The Labute approximate surface area is 197 Å². The van der Waals surface area contributed by atoms with E-state index in [1.165, 1.54) is 52.8 Å². The van der Waals surface area contributed by atoms with E-state index in [-0.39, 0.29) is 28.9 Å². The van der Waals surface area contributed by atoms with Crippen LogP contribution >= 0.6 is 0 Å². The van der Waals surface area contributed by atoms with Gasteiger partial charge >= 0.3 is 5.97 Å². The van der Waals surface area contributed by atoms with Crippen LogP contribution < -0.4 is 9.62 Å². The predicted molar refractivity (Wildman–Crippen MR) is 124 cm³/mol. The minimum Gasteiger partial charge on any atom is -0.452 e. The molecular formula is C25H23FN2O5S. The first-order valence-electron chi connectivity index (χ1n) is 10.7. The summed E-state index contributed by atoms with van der Waals surface area (Å²) < 4.78 is 46.1. The van der Waals surface area contributed by atoms with Gasteiger partial charge in [-0.1, -0.05) is 36.4 Å². The van der Waals surface area contributed by atoms with Crippen molar-refractivity contribution in [2.24, 2.45) is 0 Å². The molecule has 1 amide bonds. The Kier molecular flexibility index (Phi) is 6.65. The number of rotatable bonds is 7. The van der Waals surface area contributed by atoms with Crippen molar-refractivity contribution in [3.63, 3.8) is 0 Å². The molecule has 1 aliphatic rings. The Hall–Kier alpha value is -3.72. The highest BCUT2D eigenvalue weighted by molar-refractivity contribution is 7.92. The van der Waals surface area contributed by atoms with Gasteiger partial charge in [0.05, 0.1) is 16.1 Å². The normalized spacial score (nSPS) is 15.0. The number of carbonyl (C=O) groups is 2. The lowest BCUT2D eigenvalue weighted by Gasteiger charge is -2.24. The average molecular weight is 483 g/mol. The summed E-state index contributed by atoms with van der Waals surface area (Å²) in [5.74, 6) is -1.73. The van der Waals surface area contributed by atoms with Gasteiger partial charge in [0.15, 0.2) is 6.61 Å². The van der Waals surface area contributed by atoms with E-state index in [1.54, 1.807) is 12.1 Å². The molecule has 0 saturated carbocycles. The van der Waals surface area contributed by atoms with E-state index >= 15 is 0 Å². The van der Waals surface area contributed by atoms with E-state index < -0.39 is 28.5 Å². The number of amides is 1. The molecule has 0 aromatic heterocycles. The first-order chi connectivity index (χ1) is 16.3. The van der Waals surface area contributed by atoms with E-state index in [9.17, 15) is 22.4 Å². The van der Waals surface area contributed by atoms with Crippen LogP contribution in [-0.2, 0) is 32.5 Å². The van der Waals surface area contributed by atoms with Crippen LogP contribution in [0.1, 0.15) is 28.4 Å². The van der Waals surface area contributed by atoms with E-state index in [4.69, 9.17) is 4.74 Å². The van der Waals surface area contributed by atoms with E-state index in [0.29, 0.717) is 17.7 Å². The highest BCUT2D eigenvalue weighted by Crippen LogP contribution is 2.36. The highest BCUT2D eigenvalue weighted by atomic mass is 32.2. The van der Waals surface area contributed by atoms with Crippen LogP contribution in [0.4, 0.5) is 10.1 Å². The summed E-state index contributed by atoms with van der Waals surface area (Å²) in [7, 11) is -3.91. The van der Waals surface area contributed by atoms with Crippen molar-refractivity contribution in [2.45, 2.75) is 30.8 Å².